The summed E-state index contributed by atoms with van der Waals surface area (Å²) in [6.07, 6.45) is -16.2. The number of esters is 3. The van der Waals surface area contributed by atoms with Gasteiger partial charge in [-0.05, 0) is 79.8 Å². The van der Waals surface area contributed by atoms with Crippen molar-refractivity contribution in [2.24, 2.45) is 33.5 Å². The summed E-state index contributed by atoms with van der Waals surface area (Å²) < 4.78 is 35.4. The molecule has 3 aromatic rings. The zero-order chi connectivity index (χ0) is 64.4. The fourth-order valence-electron chi connectivity index (χ4n) is 16.4. The number of carbonyl (C=O) groups excluding carboxylic acids is 6. The molecule has 90 heavy (non-hydrogen) atoms. The summed E-state index contributed by atoms with van der Waals surface area (Å²) in [6, 6.07) is 23.3. The van der Waals surface area contributed by atoms with Crippen LogP contribution in [0.2, 0.25) is 0 Å². The first-order valence-electron chi connectivity index (χ1n) is 29.8. The number of aliphatic hydroxyl groups is 9. The predicted molar refractivity (Wildman–Crippen MR) is 309 cm³/mol. The molecule has 4 saturated carbocycles. The molecule has 4 bridgehead atoms. The van der Waals surface area contributed by atoms with E-state index in [1.807, 2.05) is 0 Å². The third-order valence-corrected chi connectivity index (χ3v) is 21.8. The fraction of sp³-hybridized carbons (Fsp3) is 0.576. The first-order chi connectivity index (χ1) is 41.1. The summed E-state index contributed by atoms with van der Waals surface area (Å²) in [6.45, 7) is 13.5. The van der Waals surface area contributed by atoms with Crippen LogP contribution in [0.1, 0.15) is 120 Å². The minimum Gasteiger partial charge on any atom is -0.456 e. The third kappa shape index (κ3) is 11.2. The van der Waals surface area contributed by atoms with E-state index in [0.717, 1.165) is 0 Å². The number of ketones is 2. The topological polar surface area (TPSA) is 352 Å². The van der Waals surface area contributed by atoms with Crippen molar-refractivity contribution in [2.45, 2.75) is 184 Å². The summed E-state index contributed by atoms with van der Waals surface area (Å²) in [5.41, 5.74) is -12.4. The van der Waals surface area contributed by atoms with Crippen LogP contribution in [-0.2, 0) is 47.6 Å². The molecule has 6 aliphatic carbocycles. The van der Waals surface area contributed by atoms with Crippen molar-refractivity contribution in [3.63, 3.8) is 0 Å². The van der Waals surface area contributed by atoms with Gasteiger partial charge in [-0.2, -0.15) is 0 Å². The molecule has 8 aliphatic rings. The average Bonchev–Trinajstić information content (AvgIpc) is 0.681. The van der Waals surface area contributed by atoms with E-state index in [4.69, 9.17) is 28.4 Å². The Morgan fingerprint density at radius 3 is 1.44 bits per heavy atom. The number of benzene rings is 3. The molecule has 2 saturated heterocycles. The second-order valence-corrected chi connectivity index (χ2v) is 26.9. The molecule has 10 N–H and O–H groups in total. The number of fused-ring (bicyclic) bond motifs is 10. The fourth-order valence-corrected chi connectivity index (χ4v) is 16.4. The minimum absolute atomic E-state index is 0. The van der Waals surface area contributed by atoms with E-state index in [0.29, 0.717) is 16.7 Å². The van der Waals surface area contributed by atoms with E-state index in [1.165, 1.54) is 40.0 Å². The molecule has 22 nitrogen and oxygen atoms in total. The van der Waals surface area contributed by atoms with E-state index in [-0.39, 0.29) is 143 Å². The second-order valence-electron chi connectivity index (χ2n) is 26.9. The summed E-state index contributed by atoms with van der Waals surface area (Å²) in [5.74, 6) is -7.43. The zero-order valence-electron chi connectivity index (χ0n) is 52.1. The van der Waals surface area contributed by atoms with Crippen LogP contribution in [0.15, 0.2) is 113 Å². The number of carbonyl (C=O) groups is 6. The van der Waals surface area contributed by atoms with Crippen LogP contribution in [0.25, 0.3) is 0 Å². The van der Waals surface area contributed by atoms with Crippen molar-refractivity contribution in [2.75, 3.05) is 20.3 Å². The molecule has 0 spiro atoms. The molecule has 3 aromatic carbocycles. The van der Waals surface area contributed by atoms with Gasteiger partial charge in [-0.15, -0.1) is 0 Å². The molecule has 24 heteroatoms. The van der Waals surface area contributed by atoms with E-state index in [2.05, 4.69) is 5.32 Å². The summed E-state index contributed by atoms with van der Waals surface area (Å²) in [7, 11) is 1.31. The number of Topliss-reactive ketones (excluding diaryl/α,β-unsaturated/α-hetero) is 2. The van der Waals surface area contributed by atoms with E-state index in [9.17, 15) is 74.7 Å². The molecule has 11 rings (SSSR count). The Hall–Kier alpha value is -3.24. The van der Waals surface area contributed by atoms with Gasteiger partial charge in [0.15, 0.2) is 17.7 Å². The van der Waals surface area contributed by atoms with Crippen molar-refractivity contribution in [1.29, 1.82) is 0 Å². The Morgan fingerprint density at radius 2 is 1.02 bits per heavy atom. The predicted octanol–water partition coefficient (Wildman–Crippen LogP) is 2.47. The number of hydrogen-bond donors (Lipinski definition) is 10. The van der Waals surface area contributed by atoms with Crippen LogP contribution in [0.5, 0.6) is 0 Å². The van der Waals surface area contributed by atoms with Crippen LogP contribution in [-0.4, -0.2) is 191 Å². The van der Waals surface area contributed by atoms with Gasteiger partial charge in [0.25, 0.3) is 0 Å². The number of methoxy groups -OCH3 is 1. The quantitative estimate of drug-likeness (QED) is 0.0792. The van der Waals surface area contributed by atoms with Crippen LogP contribution in [0.4, 0.5) is 0 Å². The first-order valence-corrected chi connectivity index (χ1v) is 29.8. The Morgan fingerprint density at radius 1 is 0.600 bits per heavy atom. The zero-order valence-corrected chi connectivity index (χ0v) is 61.6. The van der Waals surface area contributed by atoms with Gasteiger partial charge in [0.05, 0.1) is 71.7 Å². The van der Waals surface area contributed by atoms with Crippen LogP contribution in [0, 0.1) is 122 Å². The monoisotopic (exact) mass is 1680 g/mol. The van der Waals surface area contributed by atoms with Gasteiger partial charge in [0.2, 0.25) is 5.91 Å². The third-order valence-electron chi connectivity index (χ3n) is 21.8. The van der Waals surface area contributed by atoms with Crippen molar-refractivity contribution < 1.29 is 191 Å². The minimum atomic E-state index is -2.20. The van der Waals surface area contributed by atoms with E-state index < -0.39 is 171 Å². The molecule has 0 aromatic heterocycles. The molecule has 16 unspecified atom stereocenters. The molecular formula is C66H81Ac2NO21. The molecule has 2 heterocycles. The summed E-state index contributed by atoms with van der Waals surface area (Å²) >= 11 is 0. The van der Waals surface area contributed by atoms with Crippen molar-refractivity contribution in [1.82, 2.24) is 5.32 Å². The van der Waals surface area contributed by atoms with Crippen molar-refractivity contribution in [3.8, 4) is 0 Å². The van der Waals surface area contributed by atoms with Gasteiger partial charge in [-0.3, -0.25) is 14.4 Å². The molecule has 1 amide bonds. The Kier molecular flexibility index (Phi) is 21.0. The van der Waals surface area contributed by atoms with Gasteiger partial charge in [-0.1, -0.05) is 94.4 Å². The van der Waals surface area contributed by atoms with Gasteiger partial charge >= 0.3 is 17.9 Å². The van der Waals surface area contributed by atoms with E-state index in [1.54, 1.807) is 120 Å². The van der Waals surface area contributed by atoms with Crippen LogP contribution in [0.3, 0.4) is 0 Å². The number of hydrogen-bond acceptors (Lipinski definition) is 21. The molecule has 6 fully saturated rings. The smallest absolute Gasteiger partial charge is 0.338 e. The average molecular weight is 1680 g/mol. The summed E-state index contributed by atoms with van der Waals surface area (Å²) in [4.78, 5) is 82.2. The Bertz CT molecular complexity index is 3330. The molecule has 482 valence electrons. The molecular weight excluding hydrogens is 1600 g/mol. The molecule has 20 atom stereocenters. The normalized spacial score (nSPS) is 39.1. The molecule has 2 radical (unpaired) electrons. The van der Waals surface area contributed by atoms with Crippen LogP contribution >= 0.6 is 0 Å². The van der Waals surface area contributed by atoms with E-state index >= 15 is 0 Å². The maximum absolute atomic E-state index is 15.0. The van der Waals surface area contributed by atoms with Gasteiger partial charge < -0.3 is 79.7 Å². The Balaban J connectivity index is 0.000000242. The van der Waals surface area contributed by atoms with Crippen LogP contribution < -0.4 is 5.32 Å². The standard InChI is InChI=1S/C39H47NO12.C27H34O9.2Ac/c1-20-24(51-35(46)29(43)28(40-21(2)41)22-13-9-7-10-14-22)18-39(48)33(52-34(45)23-15-11-8-12-16-23)31-37(5,25(42)17-26-38(31,47)19-50-26)32(44)30(49-6)27(20)36(39,3)4;1-13-15(28)11-27(34)22(36-23(32)14-8-6-5-7-9-14)20-25(4,16(29)10-17-26(20,33)12-35-17)21(31)19(30)18(13)24(27,2)3;;/h7-16,24-26,28-31,33,42-43,47-48H,17-19H2,1-6H3,(H,40,41);5-9,15-17,19-20,22,28-30,33-34H,10-12H2,1-4H3;;/t24?,25?,26?,28?,29?,30?,31?,33?,37-,38+,39?;15?,16?,17?,19?,20?,22?,25-,26+,27?;;/m11../s1. The first kappa shape index (κ1) is 72.6. The second kappa shape index (κ2) is 26.1. The van der Waals surface area contributed by atoms with Gasteiger partial charge in [-0.25, -0.2) is 14.4 Å². The number of rotatable bonds is 10. The van der Waals surface area contributed by atoms with Gasteiger partial charge in [0.1, 0.15) is 52.9 Å². The SMILES string of the molecule is CC1=C2C(O)C(=O)[C@]3(C)C(O)CC4OC[C@@]4(O)C3C(OC(=O)c3ccccc3)C(O)(CC1O)C2(C)C.COC1C(=O)[C@]2(C)C(O)CC3OC[C@@]3(O)C2C(OC(=O)c2ccccc2)C2(O)CC(OC(=O)C(O)C(NC(C)=O)c3ccccc3)C(C)=C1C2(C)C.[Ac].[Ac]. The summed E-state index contributed by atoms with van der Waals surface area (Å²) in [5, 5.41) is 109. The number of nitrogens with one attached hydrogen (secondary N) is 1. The molecule has 2 aliphatic heterocycles. The maximum atomic E-state index is 15.0. The number of amides is 1. The van der Waals surface area contributed by atoms with Crippen molar-refractivity contribution >= 4 is 35.4 Å². The number of ether oxygens (including phenoxy) is 6. The Labute approximate surface area is 593 Å². The maximum Gasteiger partial charge on any atom is 0.338 e. The largest absolute Gasteiger partial charge is 0.456 e. The van der Waals surface area contributed by atoms with Gasteiger partial charge in [0, 0.05) is 151 Å². The number of aliphatic hydroxyl groups excluding tert-OH is 5. The van der Waals surface area contributed by atoms with Crippen molar-refractivity contribution in [3.05, 3.63) is 130 Å².